The van der Waals surface area contributed by atoms with Crippen molar-refractivity contribution < 1.29 is 57.8 Å². The van der Waals surface area contributed by atoms with Gasteiger partial charge in [0.25, 0.3) is 0 Å². The molecule has 0 saturated heterocycles. The summed E-state index contributed by atoms with van der Waals surface area (Å²) in [6.07, 6.45) is 8.28. The zero-order valence-electron chi connectivity index (χ0n) is 36.9. The highest BCUT2D eigenvalue weighted by Gasteiger charge is 2.40. The van der Waals surface area contributed by atoms with Gasteiger partial charge in [-0.05, 0) is 90.0 Å². The molecule has 1 aromatic carbocycles. The summed E-state index contributed by atoms with van der Waals surface area (Å²) in [7, 11) is -3.41. The third-order valence-corrected chi connectivity index (χ3v) is 12.8. The Morgan fingerprint density at radius 1 is 0.591 bits per heavy atom. The topological polar surface area (TPSA) is 227 Å². The van der Waals surface area contributed by atoms with E-state index in [1.165, 1.54) is 54.8 Å². The zero-order chi connectivity index (χ0) is 47.6. The van der Waals surface area contributed by atoms with Crippen LogP contribution in [0.2, 0.25) is 0 Å². The van der Waals surface area contributed by atoms with Crippen LogP contribution < -0.4 is 16.0 Å². The van der Waals surface area contributed by atoms with Crippen molar-refractivity contribution in [3.05, 3.63) is 127 Å². The Balaban J connectivity index is 0.000000186. The van der Waals surface area contributed by atoms with Crippen molar-refractivity contribution in [3.63, 3.8) is 0 Å². The number of thiophene rings is 3. The zero-order valence-corrected chi connectivity index (χ0v) is 39.4. The SMILES string of the molecule is CC(=O)C[C@@H]1C=CC[C@H](NC(=O)Cc2cccs2)B(O)O1.CC(=O)C[C@H]1C=CC[C@H](NC(=O)Cc2cccs2)B(O)O1.CC(=O)C[C@H]1OB(O)[C@@H](NC(=O)Cc2ccsc2)c2ccccc21. The molecule has 3 amide bonds. The molecule has 7 rings (SSSR count). The maximum Gasteiger partial charge on any atom is 0.483 e. The molecule has 3 aliphatic heterocycles. The molecule has 348 valence electrons. The first-order chi connectivity index (χ1) is 31.6. The van der Waals surface area contributed by atoms with Crippen LogP contribution in [0, 0.1) is 0 Å². The van der Waals surface area contributed by atoms with Crippen molar-refractivity contribution in [1.29, 1.82) is 0 Å². The lowest BCUT2D eigenvalue weighted by molar-refractivity contribution is -0.122. The van der Waals surface area contributed by atoms with E-state index >= 15 is 0 Å². The Kier molecular flexibility index (Phi) is 20.9. The van der Waals surface area contributed by atoms with Gasteiger partial charge in [-0.25, -0.2) is 0 Å². The molecule has 0 unspecified atom stereocenters. The molecule has 6 heterocycles. The smallest absolute Gasteiger partial charge is 0.426 e. The van der Waals surface area contributed by atoms with Crippen molar-refractivity contribution in [2.45, 2.75) is 108 Å². The second-order valence-electron chi connectivity index (χ2n) is 16.0. The number of benzene rings is 1. The van der Waals surface area contributed by atoms with Gasteiger partial charge in [0.15, 0.2) is 0 Å². The van der Waals surface area contributed by atoms with E-state index in [1.807, 2.05) is 88.3 Å². The highest BCUT2D eigenvalue weighted by Crippen LogP contribution is 2.36. The van der Waals surface area contributed by atoms with Gasteiger partial charge in [0, 0.05) is 29.0 Å². The molecule has 0 saturated carbocycles. The van der Waals surface area contributed by atoms with Crippen LogP contribution in [0.5, 0.6) is 0 Å². The van der Waals surface area contributed by atoms with E-state index in [9.17, 15) is 43.8 Å². The van der Waals surface area contributed by atoms with Gasteiger partial charge in [0.2, 0.25) is 17.7 Å². The maximum absolute atomic E-state index is 12.3. The molecular weight excluding hydrogens is 903 g/mol. The van der Waals surface area contributed by atoms with Gasteiger partial charge in [-0.2, -0.15) is 11.3 Å². The quantitative estimate of drug-likeness (QED) is 0.0718. The number of Topliss-reactive ketones (excluding diaryl/α,β-unsaturated/α-hetero) is 3. The fourth-order valence-electron chi connectivity index (χ4n) is 7.28. The van der Waals surface area contributed by atoms with Crippen molar-refractivity contribution in [3.8, 4) is 0 Å². The number of fused-ring (bicyclic) bond motifs is 1. The molecular formula is C45H54B3N3O12S3. The largest absolute Gasteiger partial charge is 0.483 e. The molecule has 0 fully saturated rings. The summed E-state index contributed by atoms with van der Waals surface area (Å²) in [5.41, 5.74) is 2.56. The van der Waals surface area contributed by atoms with E-state index < -0.39 is 57.5 Å². The van der Waals surface area contributed by atoms with Crippen molar-refractivity contribution in [2.75, 3.05) is 0 Å². The molecule has 0 radical (unpaired) electrons. The fraction of sp³-hybridized carbons (Fsp3) is 0.378. The van der Waals surface area contributed by atoms with Crippen molar-refractivity contribution >= 4 is 90.4 Å². The van der Waals surface area contributed by atoms with Crippen molar-refractivity contribution in [1.82, 2.24) is 16.0 Å². The molecule has 0 spiro atoms. The van der Waals surface area contributed by atoms with Gasteiger partial charge < -0.3 is 45.0 Å². The van der Waals surface area contributed by atoms with E-state index in [1.54, 1.807) is 12.2 Å². The predicted octanol–water partition coefficient (Wildman–Crippen LogP) is 4.46. The van der Waals surface area contributed by atoms with Gasteiger partial charge in [0.05, 0.1) is 55.4 Å². The van der Waals surface area contributed by atoms with Gasteiger partial charge in [-0.3, -0.25) is 28.8 Å². The lowest BCUT2D eigenvalue weighted by atomic mass is 9.69. The van der Waals surface area contributed by atoms with Crippen LogP contribution in [0.1, 0.15) is 91.4 Å². The molecule has 3 aliphatic rings. The van der Waals surface area contributed by atoms with E-state index in [-0.39, 0.29) is 60.8 Å². The van der Waals surface area contributed by atoms with Crippen LogP contribution in [-0.4, -0.2) is 95.6 Å². The normalized spacial score (nSPS) is 21.1. The number of rotatable bonds is 15. The number of nitrogens with one attached hydrogen (secondary N) is 3. The van der Waals surface area contributed by atoms with Gasteiger partial charge in [0.1, 0.15) is 17.3 Å². The molecule has 4 aromatic rings. The fourth-order valence-corrected chi connectivity index (χ4v) is 9.35. The number of carbonyl (C=O) groups excluding carboxylic acids is 6. The van der Waals surface area contributed by atoms with E-state index in [0.717, 1.165) is 26.4 Å². The van der Waals surface area contributed by atoms with Gasteiger partial charge >= 0.3 is 21.4 Å². The van der Waals surface area contributed by atoms with Crippen LogP contribution >= 0.6 is 34.0 Å². The third-order valence-electron chi connectivity index (χ3n) is 10.3. The lowest BCUT2D eigenvalue weighted by Crippen LogP contribution is -2.48. The van der Waals surface area contributed by atoms with Crippen LogP contribution in [-0.2, 0) is 62.0 Å². The number of carbonyl (C=O) groups is 6. The van der Waals surface area contributed by atoms with E-state index in [4.69, 9.17) is 14.0 Å². The van der Waals surface area contributed by atoms with E-state index in [0.29, 0.717) is 25.7 Å². The first-order valence-electron chi connectivity index (χ1n) is 21.5. The second kappa shape index (κ2) is 26.5. The Labute approximate surface area is 397 Å². The summed E-state index contributed by atoms with van der Waals surface area (Å²) < 4.78 is 16.4. The van der Waals surface area contributed by atoms with Crippen LogP contribution in [0.4, 0.5) is 0 Å². The second-order valence-corrected chi connectivity index (χ2v) is 18.9. The average Bonchev–Trinajstić information content (AvgIpc) is 4.04. The molecule has 66 heavy (non-hydrogen) atoms. The highest BCUT2D eigenvalue weighted by molar-refractivity contribution is 7.10. The molecule has 0 aliphatic carbocycles. The highest BCUT2D eigenvalue weighted by atomic mass is 32.1. The molecule has 15 nitrogen and oxygen atoms in total. The van der Waals surface area contributed by atoms with Crippen molar-refractivity contribution in [2.24, 2.45) is 0 Å². The molecule has 0 bridgehead atoms. The Morgan fingerprint density at radius 2 is 1.09 bits per heavy atom. The van der Waals surface area contributed by atoms with Crippen LogP contribution in [0.3, 0.4) is 0 Å². The number of hydrogen-bond donors (Lipinski definition) is 6. The summed E-state index contributed by atoms with van der Waals surface area (Å²) in [6.45, 7) is 4.45. The summed E-state index contributed by atoms with van der Waals surface area (Å²) in [6, 6.07) is 16.9. The first kappa shape index (κ1) is 52.1. The van der Waals surface area contributed by atoms with Gasteiger partial charge in [-0.15, -0.1) is 22.7 Å². The minimum atomic E-state index is -1.18. The molecule has 3 aromatic heterocycles. The minimum Gasteiger partial charge on any atom is -0.426 e. The van der Waals surface area contributed by atoms with Gasteiger partial charge in [-0.1, -0.05) is 60.7 Å². The standard InChI is InChI=1S/C17H18BNO4S.2C14H18BNO4S/c1-11(20)8-15-13-4-2-3-5-14(13)17(18(22)23-15)19-16(21)9-12-6-7-24-10-12;2*1-10(17)8-11-4-2-6-13(15(19)20-11)16-14(18)9-12-5-3-7-21-12/h2-7,10,15,17,22H,8-9H2,1H3,(H,19,21);2*2-5,7,11,13,19H,6,8-9H2,1H3,(H,16,18)/t15-,17+;11-,13+;11-,13-/m110/s1. The van der Waals surface area contributed by atoms with Crippen LogP contribution in [0.25, 0.3) is 0 Å². The third kappa shape index (κ3) is 17.4. The first-order valence-corrected chi connectivity index (χ1v) is 24.2. The Hall–Kier alpha value is -4.83. The lowest BCUT2D eigenvalue weighted by Gasteiger charge is -2.33. The number of amides is 3. The minimum absolute atomic E-state index is 0.00275. The summed E-state index contributed by atoms with van der Waals surface area (Å²) in [4.78, 5) is 71.7. The maximum atomic E-state index is 12.3. The monoisotopic (exact) mass is 957 g/mol. The Morgan fingerprint density at radius 3 is 1.55 bits per heavy atom. The summed E-state index contributed by atoms with van der Waals surface area (Å²) in [5, 5.41) is 46.4. The Bertz CT molecular complexity index is 2170. The molecule has 6 atom stereocenters. The summed E-state index contributed by atoms with van der Waals surface area (Å²) in [5.74, 6) is -2.13. The number of ketones is 3. The van der Waals surface area contributed by atoms with E-state index in [2.05, 4.69) is 16.0 Å². The molecule has 21 heteroatoms. The van der Waals surface area contributed by atoms with Crippen LogP contribution in [0.15, 0.2) is 100 Å². The number of hydrogen-bond acceptors (Lipinski definition) is 15. The average molecular weight is 958 g/mol. The molecule has 6 N–H and O–H groups in total. The summed E-state index contributed by atoms with van der Waals surface area (Å²) >= 11 is 4.58. The predicted molar refractivity (Wildman–Crippen MR) is 256 cm³/mol.